The molecule has 2 aromatic rings. The third-order valence-electron chi connectivity index (χ3n) is 4.84. The summed E-state index contributed by atoms with van der Waals surface area (Å²) in [6.45, 7) is 7.17. The first-order chi connectivity index (χ1) is 11.1. The number of nitrogens with zero attached hydrogens (tertiary/aromatic N) is 3. The normalized spacial score (nSPS) is 17.7. The average molecular weight is 314 g/mol. The van der Waals surface area contributed by atoms with Gasteiger partial charge >= 0.3 is 0 Å². The number of para-hydroxylation sites is 2. The summed E-state index contributed by atoms with van der Waals surface area (Å²) in [7, 11) is 3.74. The van der Waals surface area contributed by atoms with E-state index in [0.717, 1.165) is 37.5 Å². The van der Waals surface area contributed by atoms with Gasteiger partial charge in [-0.05, 0) is 32.4 Å². The van der Waals surface area contributed by atoms with E-state index in [1.54, 1.807) is 7.11 Å². The molecule has 0 spiro atoms. The Morgan fingerprint density at radius 2 is 2.09 bits per heavy atom. The average Bonchev–Trinajstić information content (AvgIpc) is 3.11. The molecule has 1 N–H and O–H groups in total. The van der Waals surface area contributed by atoms with Crippen molar-refractivity contribution < 1.29 is 4.74 Å². The van der Waals surface area contributed by atoms with Crippen LogP contribution in [0.25, 0.3) is 0 Å². The number of methoxy groups -OCH3 is 1. The van der Waals surface area contributed by atoms with E-state index in [-0.39, 0.29) is 0 Å². The summed E-state index contributed by atoms with van der Waals surface area (Å²) >= 11 is 0. The van der Waals surface area contributed by atoms with Crippen molar-refractivity contribution in [3.05, 3.63) is 41.2 Å². The molecule has 2 heterocycles. The number of nitrogens with one attached hydrogen (secondary N) is 1. The van der Waals surface area contributed by atoms with Crippen LogP contribution in [0.15, 0.2) is 24.3 Å². The second-order valence-corrected chi connectivity index (χ2v) is 6.26. The molecule has 5 nitrogen and oxygen atoms in total. The van der Waals surface area contributed by atoms with Crippen molar-refractivity contribution >= 4 is 5.69 Å². The lowest BCUT2D eigenvalue weighted by Crippen LogP contribution is -2.32. The Morgan fingerprint density at radius 3 is 2.78 bits per heavy atom. The molecule has 1 saturated heterocycles. The molecule has 5 heteroatoms. The van der Waals surface area contributed by atoms with Crippen LogP contribution >= 0.6 is 0 Å². The van der Waals surface area contributed by atoms with Gasteiger partial charge in [0.1, 0.15) is 5.75 Å². The second-order valence-electron chi connectivity index (χ2n) is 6.26. The molecule has 23 heavy (non-hydrogen) atoms. The van der Waals surface area contributed by atoms with Gasteiger partial charge < -0.3 is 15.0 Å². The number of ether oxygens (including phenoxy) is 1. The fourth-order valence-corrected chi connectivity index (χ4v) is 3.36. The summed E-state index contributed by atoms with van der Waals surface area (Å²) < 4.78 is 7.44. The van der Waals surface area contributed by atoms with Crippen molar-refractivity contribution in [2.45, 2.75) is 32.9 Å². The van der Waals surface area contributed by atoms with Crippen LogP contribution in [0.2, 0.25) is 0 Å². The molecule has 3 rings (SSSR count). The first-order valence-corrected chi connectivity index (χ1v) is 8.20. The fourth-order valence-electron chi connectivity index (χ4n) is 3.36. The molecule has 1 atom stereocenters. The van der Waals surface area contributed by atoms with E-state index in [1.807, 2.05) is 23.9 Å². The zero-order chi connectivity index (χ0) is 16.4. The highest BCUT2D eigenvalue weighted by Gasteiger charge is 2.24. The van der Waals surface area contributed by atoms with Crippen molar-refractivity contribution in [3.8, 4) is 5.75 Å². The summed E-state index contributed by atoms with van der Waals surface area (Å²) in [4.78, 5) is 2.40. The number of anilines is 1. The predicted octanol–water partition coefficient (Wildman–Crippen LogP) is 2.41. The quantitative estimate of drug-likeness (QED) is 0.920. The third-order valence-corrected chi connectivity index (χ3v) is 4.84. The van der Waals surface area contributed by atoms with Gasteiger partial charge in [-0.15, -0.1) is 0 Å². The molecule has 1 aliphatic rings. The van der Waals surface area contributed by atoms with E-state index in [0.29, 0.717) is 6.04 Å². The van der Waals surface area contributed by atoms with Crippen LogP contribution in [-0.4, -0.2) is 36.0 Å². The Hall–Kier alpha value is -2.01. The molecule has 1 aliphatic heterocycles. The van der Waals surface area contributed by atoms with Crippen LogP contribution in [0, 0.1) is 13.8 Å². The number of hydrogen-bond acceptors (Lipinski definition) is 4. The van der Waals surface area contributed by atoms with E-state index in [2.05, 4.69) is 41.3 Å². The second kappa shape index (κ2) is 6.62. The minimum atomic E-state index is 0.499. The van der Waals surface area contributed by atoms with Gasteiger partial charge in [-0.3, -0.25) is 4.68 Å². The van der Waals surface area contributed by atoms with E-state index < -0.39 is 0 Å². The molecular formula is C18H26N4O. The molecular weight excluding hydrogens is 288 g/mol. The molecule has 1 aromatic heterocycles. The van der Waals surface area contributed by atoms with E-state index >= 15 is 0 Å². The van der Waals surface area contributed by atoms with Gasteiger partial charge in [0.2, 0.25) is 0 Å². The molecule has 0 saturated carbocycles. The van der Waals surface area contributed by atoms with Crippen molar-refractivity contribution in [1.29, 1.82) is 0 Å². The highest BCUT2D eigenvalue weighted by atomic mass is 16.5. The lowest BCUT2D eigenvalue weighted by atomic mass is 10.1. The smallest absolute Gasteiger partial charge is 0.142 e. The number of aromatic nitrogens is 2. The summed E-state index contributed by atoms with van der Waals surface area (Å²) in [5, 5.41) is 8.19. The summed E-state index contributed by atoms with van der Waals surface area (Å²) in [6, 6.07) is 8.75. The van der Waals surface area contributed by atoms with Crippen LogP contribution in [-0.2, 0) is 13.6 Å². The summed E-state index contributed by atoms with van der Waals surface area (Å²) in [6.07, 6.45) is 1.15. The van der Waals surface area contributed by atoms with E-state index in [1.165, 1.54) is 16.9 Å². The van der Waals surface area contributed by atoms with Crippen LogP contribution < -0.4 is 15.0 Å². The Labute approximate surface area is 138 Å². The largest absolute Gasteiger partial charge is 0.495 e. The van der Waals surface area contributed by atoms with Gasteiger partial charge in [0.05, 0.1) is 18.5 Å². The molecule has 1 aromatic carbocycles. The van der Waals surface area contributed by atoms with Gasteiger partial charge in [-0.25, -0.2) is 0 Å². The van der Waals surface area contributed by atoms with Gasteiger partial charge in [0.25, 0.3) is 0 Å². The molecule has 0 unspecified atom stereocenters. The molecule has 0 amide bonds. The Kier molecular flexibility index (Phi) is 4.57. The lowest BCUT2D eigenvalue weighted by molar-refractivity contribution is 0.414. The molecule has 0 bridgehead atoms. The standard InChI is InChI=1S/C18H26N4O/c1-13-16(14(2)21(3)20-13)11-19-15-9-10-22(12-15)17-7-5-6-8-18(17)23-4/h5-8,15,19H,9-12H2,1-4H3/t15-/m1/s1. The van der Waals surface area contributed by atoms with Gasteiger partial charge in [0, 0.05) is 44.0 Å². The zero-order valence-corrected chi connectivity index (χ0v) is 14.5. The zero-order valence-electron chi connectivity index (χ0n) is 14.5. The highest BCUT2D eigenvalue weighted by molar-refractivity contribution is 5.59. The highest BCUT2D eigenvalue weighted by Crippen LogP contribution is 2.30. The van der Waals surface area contributed by atoms with Gasteiger partial charge in [-0.1, -0.05) is 12.1 Å². The minimum Gasteiger partial charge on any atom is -0.495 e. The summed E-state index contributed by atoms with van der Waals surface area (Å²) in [5.74, 6) is 0.951. The number of aryl methyl sites for hydroxylation is 2. The maximum absolute atomic E-state index is 5.48. The fraction of sp³-hybridized carbons (Fsp3) is 0.500. The summed E-state index contributed by atoms with van der Waals surface area (Å²) in [5.41, 5.74) is 4.88. The maximum Gasteiger partial charge on any atom is 0.142 e. The van der Waals surface area contributed by atoms with Crippen LogP contribution in [0.3, 0.4) is 0 Å². The Balaban J connectivity index is 1.62. The third kappa shape index (κ3) is 3.20. The first-order valence-electron chi connectivity index (χ1n) is 8.20. The van der Waals surface area contributed by atoms with Crippen molar-refractivity contribution in [2.24, 2.45) is 7.05 Å². The molecule has 124 valence electrons. The van der Waals surface area contributed by atoms with E-state index in [9.17, 15) is 0 Å². The number of hydrogen-bond donors (Lipinski definition) is 1. The van der Waals surface area contributed by atoms with Crippen molar-refractivity contribution in [3.63, 3.8) is 0 Å². The number of benzene rings is 1. The monoisotopic (exact) mass is 314 g/mol. The molecule has 0 aliphatic carbocycles. The van der Waals surface area contributed by atoms with Crippen LogP contribution in [0.5, 0.6) is 5.75 Å². The SMILES string of the molecule is COc1ccccc1N1CC[C@@H](NCc2c(C)nn(C)c2C)C1. The van der Waals surface area contributed by atoms with Crippen molar-refractivity contribution in [2.75, 3.05) is 25.1 Å². The van der Waals surface area contributed by atoms with Crippen molar-refractivity contribution in [1.82, 2.24) is 15.1 Å². The van der Waals surface area contributed by atoms with Crippen LogP contribution in [0.4, 0.5) is 5.69 Å². The minimum absolute atomic E-state index is 0.499. The van der Waals surface area contributed by atoms with Gasteiger partial charge in [-0.2, -0.15) is 5.10 Å². The van der Waals surface area contributed by atoms with E-state index in [4.69, 9.17) is 4.74 Å². The maximum atomic E-state index is 5.48. The molecule has 1 fully saturated rings. The van der Waals surface area contributed by atoms with Crippen LogP contribution in [0.1, 0.15) is 23.4 Å². The molecule has 0 radical (unpaired) electrons. The topological polar surface area (TPSA) is 42.3 Å². The lowest BCUT2D eigenvalue weighted by Gasteiger charge is -2.21. The first kappa shape index (κ1) is 15.9. The number of rotatable bonds is 5. The Morgan fingerprint density at radius 1 is 1.30 bits per heavy atom. The Bertz CT molecular complexity index is 680. The predicted molar refractivity (Wildman–Crippen MR) is 93.1 cm³/mol. The van der Waals surface area contributed by atoms with Gasteiger partial charge in [0.15, 0.2) is 0 Å².